The van der Waals surface area contributed by atoms with E-state index in [0.717, 1.165) is 16.7 Å². The van der Waals surface area contributed by atoms with E-state index in [1.54, 1.807) is 7.11 Å². The van der Waals surface area contributed by atoms with Gasteiger partial charge in [-0.25, -0.2) is 4.99 Å². The molecule has 0 spiro atoms. The standard InChI is InChI=1S/C17H20N4O/c1-17(2,3)11-6-5-7-12(8-11)20-14-9-13-15(19-10-18-13)21-16(14)22-4/h5-9,20H,10H2,1-4H3. The van der Waals surface area contributed by atoms with Crippen molar-refractivity contribution in [2.24, 2.45) is 9.98 Å². The van der Waals surface area contributed by atoms with E-state index < -0.39 is 0 Å². The van der Waals surface area contributed by atoms with Crippen LogP contribution in [0.15, 0.2) is 40.3 Å². The molecule has 0 radical (unpaired) electrons. The lowest BCUT2D eigenvalue weighted by Crippen LogP contribution is -2.26. The number of hydrogen-bond acceptors (Lipinski definition) is 5. The summed E-state index contributed by atoms with van der Waals surface area (Å²) in [5, 5.41) is 4.18. The van der Waals surface area contributed by atoms with Gasteiger partial charge in [-0.3, -0.25) is 4.99 Å². The average Bonchev–Trinajstić information content (AvgIpc) is 2.93. The van der Waals surface area contributed by atoms with Gasteiger partial charge in [0, 0.05) is 5.69 Å². The van der Waals surface area contributed by atoms with Crippen LogP contribution in [-0.4, -0.2) is 18.8 Å². The second-order valence-electron chi connectivity index (χ2n) is 6.30. The van der Waals surface area contributed by atoms with Crippen molar-refractivity contribution in [2.45, 2.75) is 26.2 Å². The number of ether oxygens (including phenoxy) is 1. The third-order valence-electron chi connectivity index (χ3n) is 3.61. The Balaban J connectivity index is 1.99. The van der Waals surface area contributed by atoms with Crippen molar-refractivity contribution < 1.29 is 4.74 Å². The molecule has 1 aliphatic heterocycles. The summed E-state index contributed by atoms with van der Waals surface area (Å²) < 4.78 is 5.37. The third-order valence-corrected chi connectivity index (χ3v) is 3.61. The number of rotatable bonds is 3. The molecule has 0 bridgehead atoms. The predicted octanol–water partition coefficient (Wildman–Crippen LogP) is 2.34. The van der Waals surface area contributed by atoms with Crippen molar-refractivity contribution >= 4 is 11.4 Å². The number of anilines is 2. The molecule has 0 saturated heterocycles. The first kappa shape index (κ1) is 14.5. The van der Waals surface area contributed by atoms with Crippen molar-refractivity contribution in [3.8, 4) is 5.88 Å². The molecule has 5 nitrogen and oxygen atoms in total. The Morgan fingerprint density at radius 1 is 1.14 bits per heavy atom. The van der Waals surface area contributed by atoms with Gasteiger partial charge in [-0.1, -0.05) is 32.9 Å². The van der Waals surface area contributed by atoms with E-state index >= 15 is 0 Å². The van der Waals surface area contributed by atoms with Crippen molar-refractivity contribution in [3.63, 3.8) is 0 Å². The summed E-state index contributed by atoms with van der Waals surface area (Å²) in [5.41, 5.74) is 3.82. The van der Waals surface area contributed by atoms with Gasteiger partial charge in [0.25, 0.3) is 0 Å². The lowest BCUT2D eigenvalue weighted by atomic mass is 9.87. The monoisotopic (exact) mass is 296 g/mol. The largest absolute Gasteiger partial charge is 0.479 e. The minimum Gasteiger partial charge on any atom is -0.479 e. The zero-order chi connectivity index (χ0) is 15.7. The summed E-state index contributed by atoms with van der Waals surface area (Å²) in [4.78, 5) is 12.9. The van der Waals surface area contributed by atoms with Gasteiger partial charge >= 0.3 is 0 Å². The van der Waals surface area contributed by atoms with Crippen LogP contribution in [0.25, 0.3) is 0 Å². The summed E-state index contributed by atoms with van der Waals surface area (Å²) in [5.74, 6) is 0.528. The number of benzene rings is 1. The van der Waals surface area contributed by atoms with Gasteiger partial charge in [-0.2, -0.15) is 4.98 Å². The second-order valence-corrected chi connectivity index (χ2v) is 6.30. The number of pyridine rings is 1. The fraction of sp³-hybridized carbons (Fsp3) is 0.353. The normalized spacial score (nSPS) is 13.1. The quantitative estimate of drug-likeness (QED) is 0.946. The Bertz CT molecular complexity index is 822. The van der Waals surface area contributed by atoms with Crippen LogP contribution in [0.3, 0.4) is 0 Å². The summed E-state index contributed by atoms with van der Waals surface area (Å²) >= 11 is 0. The highest BCUT2D eigenvalue weighted by molar-refractivity contribution is 5.64. The van der Waals surface area contributed by atoms with Crippen LogP contribution in [-0.2, 0) is 5.41 Å². The molecule has 2 heterocycles. The molecule has 0 amide bonds. The Hall–Kier alpha value is -2.43. The second kappa shape index (κ2) is 5.40. The smallest absolute Gasteiger partial charge is 0.239 e. The van der Waals surface area contributed by atoms with Gasteiger partial charge in [-0.15, -0.1) is 0 Å². The number of hydrogen-bond donors (Lipinski definition) is 1. The molecule has 0 unspecified atom stereocenters. The van der Waals surface area contributed by atoms with Crippen LogP contribution in [0.2, 0.25) is 0 Å². The number of fused-ring (bicyclic) bond motifs is 1. The van der Waals surface area contributed by atoms with Crippen molar-refractivity contribution in [3.05, 3.63) is 46.7 Å². The first-order chi connectivity index (χ1) is 10.5. The highest BCUT2D eigenvalue weighted by Gasteiger charge is 2.14. The van der Waals surface area contributed by atoms with E-state index in [-0.39, 0.29) is 5.41 Å². The van der Waals surface area contributed by atoms with Gasteiger partial charge in [-0.05, 0) is 29.2 Å². The number of aromatic nitrogens is 1. The molecule has 0 aliphatic carbocycles. The summed E-state index contributed by atoms with van der Waals surface area (Å²) in [6.45, 7) is 7.03. The van der Waals surface area contributed by atoms with Gasteiger partial charge in [0.15, 0.2) is 5.49 Å². The molecule has 0 atom stereocenters. The Labute approximate surface area is 129 Å². The van der Waals surface area contributed by atoms with E-state index in [2.05, 4.69) is 59.3 Å². The SMILES string of the molecule is COc1nc2c(cc1Nc1cccc(C(C)(C)C)c1)=NCN=2. The van der Waals surface area contributed by atoms with Crippen LogP contribution >= 0.6 is 0 Å². The first-order valence-electron chi connectivity index (χ1n) is 7.29. The van der Waals surface area contributed by atoms with Gasteiger partial charge < -0.3 is 10.1 Å². The maximum Gasteiger partial charge on any atom is 0.239 e. The molecule has 0 saturated carbocycles. The topological polar surface area (TPSA) is 58.9 Å². The third kappa shape index (κ3) is 2.79. The zero-order valence-corrected chi connectivity index (χ0v) is 13.3. The van der Waals surface area contributed by atoms with E-state index in [1.165, 1.54) is 5.56 Å². The van der Waals surface area contributed by atoms with Crippen molar-refractivity contribution in [2.75, 3.05) is 19.1 Å². The number of nitrogens with one attached hydrogen (secondary N) is 1. The fourth-order valence-electron chi connectivity index (χ4n) is 2.35. The van der Waals surface area contributed by atoms with Gasteiger partial charge in [0.1, 0.15) is 17.7 Å². The molecule has 22 heavy (non-hydrogen) atoms. The Kier molecular flexibility index (Phi) is 3.56. The van der Waals surface area contributed by atoms with Crippen LogP contribution in [0.1, 0.15) is 26.3 Å². The van der Waals surface area contributed by atoms with Crippen LogP contribution in [0.4, 0.5) is 11.4 Å². The summed E-state index contributed by atoms with van der Waals surface area (Å²) in [6, 6.07) is 10.3. The number of methoxy groups -OCH3 is 1. The van der Waals surface area contributed by atoms with E-state index in [0.29, 0.717) is 18.0 Å². The van der Waals surface area contributed by atoms with Crippen molar-refractivity contribution in [1.82, 2.24) is 4.98 Å². The fourth-order valence-corrected chi connectivity index (χ4v) is 2.35. The van der Waals surface area contributed by atoms with E-state index in [1.807, 2.05) is 12.1 Å². The molecule has 1 N–H and O–H groups in total. The molecule has 114 valence electrons. The lowest BCUT2D eigenvalue weighted by Gasteiger charge is -2.20. The molecular weight excluding hydrogens is 276 g/mol. The average molecular weight is 296 g/mol. The minimum absolute atomic E-state index is 0.103. The maximum atomic E-state index is 5.37. The number of nitrogens with zero attached hydrogens (tertiary/aromatic N) is 3. The molecule has 1 aliphatic rings. The molecule has 2 aromatic rings. The Morgan fingerprint density at radius 3 is 2.68 bits per heavy atom. The van der Waals surface area contributed by atoms with Crippen LogP contribution in [0.5, 0.6) is 5.88 Å². The zero-order valence-electron chi connectivity index (χ0n) is 13.3. The van der Waals surface area contributed by atoms with E-state index in [4.69, 9.17) is 4.74 Å². The molecule has 1 aromatic carbocycles. The molecule has 1 aromatic heterocycles. The van der Waals surface area contributed by atoms with Crippen LogP contribution < -0.4 is 20.9 Å². The molecule has 3 rings (SSSR count). The molecule has 5 heteroatoms. The van der Waals surface area contributed by atoms with Gasteiger partial charge in [0.05, 0.1) is 7.11 Å². The Morgan fingerprint density at radius 2 is 1.95 bits per heavy atom. The summed E-state index contributed by atoms with van der Waals surface area (Å²) in [6.07, 6.45) is 0. The lowest BCUT2D eigenvalue weighted by molar-refractivity contribution is 0.398. The highest BCUT2D eigenvalue weighted by atomic mass is 16.5. The molecule has 0 fully saturated rings. The van der Waals surface area contributed by atoms with Gasteiger partial charge in [0.2, 0.25) is 5.88 Å². The van der Waals surface area contributed by atoms with E-state index in [9.17, 15) is 0 Å². The molecular formula is C17H20N4O. The minimum atomic E-state index is 0.103. The first-order valence-corrected chi connectivity index (χ1v) is 7.29. The maximum absolute atomic E-state index is 5.37. The van der Waals surface area contributed by atoms with Crippen molar-refractivity contribution in [1.29, 1.82) is 0 Å². The van der Waals surface area contributed by atoms with Crippen LogP contribution in [0, 0.1) is 0 Å². The predicted molar refractivity (Wildman–Crippen MR) is 86.4 cm³/mol. The highest BCUT2D eigenvalue weighted by Crippen LogP contribution is 2.28. The summed E-state index contributed by atoms with van der Waals surface area (Å²) in [7, 11) is 1.61.